The van der Waals surface area contributed by atoms with Crippen LogP contribution < -0.4 is 21.3 Å². The molecule has 0 aliphatic rings. The lowest BCUT2D eigenvalue weighted by Crippen LogP contribution is -2.18. The van der Waals surface area contributed by atoms with E-state index in [2.05, 4.69) is 21.3 Å². The summed E-state index contributed by atoms with van der Waals surface area (Å²) in [6, 6.07) is 37.7. The van der Waals surface area contributed by atoms with E-state index in [-0.39, 0.29) is 46.8 Å². The Morgan fingerprint density at radius 3 is 1.08 bits per heavy atom. The van der Waals surface area contributed by atoms with Gasteiger partial charge in [-0.15, -0.1) is 0 Å². The van der Waals surface area contributed by atoms with Gasteiger partial charge in [0.2, 0.25) is 0 Å². The largest absolute Gasteiger partial charge is 0.396 e. The van der Waals surface area contributed by atoms with Crippen LogP contribution in [0.1, 0.15) is 52.6 Å². The molecule has 6 N–H and O–H groups in total. The lowest BCUT2D eigenvalue weighted by molar-refractivity contribution is -0.385. The van der Waals surface area contributed by atoms with Gasteiger partial charge in [0.15, 0.2) is 0 Å². The van der Waals surface area contributed by atoms with Crippen molar-refractivity contribution in [2.45, 2.75) is 12.8 Å². The second kappa shape index (κ2) is 20.9. The first kappa shape index (κ1) is 43.1. The molecule has 0 heterocycles. The van der Waals surface area contributed by atoms with E-state index in [0.717, 1.165) is 11.1 Å². The number of nitro groups is 2. The molecule has 6 aromatic rings. The highest BCUT2D eigenvalue weighted by molar-refractivity contribution is 6.13. The molecule has 0 saturated carbocycles. The van der Waals surface area contributed by atoms with E-state index in [4.69, 9.17) is 10.2 Å². The Labute approximate surface area is 342 Å². The summed E-state index contributed by atoms with van der Waals surface area (Å²) in [5, 5.41) is 50.3. The Morgan fingerprint density at radius 1 is 0.433 bits per heavy atom. The number of rotatable bonds is 14. The summed E-state index contributed by atoms with van der Waals surface area (Å²) in [5.41, 5.74) is 4.47. The Hall–Kier alpha value is -8.08. The van der Waals surface area contributed by atoms with Gasteiger partial charge >= 0.3 is 0 Å². The Kier molecular flexibility index (Phi) is 15.0. The van der Waals surface area contributed by atoms with Gasteiger partial charge in [-0.05, 0) is 96.8 Å². The van der Waals surface area contributed by atoms with Crippen molar-refractivity contribution in [3.8, 4) is 0 Å². The molecule has 0 aromatic heterocycles. The van der Waals surface area contributed by atoms with Crippen molar-refractivity contribution in [2.75, 3.05) is 34.5 Å². The van der Waals surface area contributed by atoms with Crippen LogP contribution in [0, 0.1) is 20.2 Å². The van der Waals surface area contributed by atoms with E-state index >= 15 is 0 Å². The molecule has 0 saturated heterocycles. The monoisotopic (exact) mass is 810 g/mol. The summed E-state index contributed by atoms with van der Waals surface area (Å²) in [4.78, 5) is 70.8. The first-order valence-electron chi connectivity index (χ1n) is 18.3. The third-order valence-corrected chi connectivity index (χ3v) is 8.74. The number of non-ortho nitro benzene ring substituents is 2. The molecule has 0 radical (unpaired) electrons. The molecule has 304 valence electrons. The number of anilines is 4. The summed E-state index contributed by atoms with van der Waals surface area (Å²) < 4.78 is 0. The van der Waals surface area contributed by atoms with Crippen molar-refractivity contribution in [3.63, 3.8) is 0 Å². The molecule has 0 spiro atoms. The summed E-state index contributed by atoms with van der Waals surface area (Å²) in [6.45, 7) is 0.0983. The number of benzene rings is 6. The number of para-hydroxylation sites is 2. The normalized spacial score (nSPS) is 10.3. The van der Waals surface area contributed by atoms with Gasteiger partial charge in [-0.1, -0.05) is 48.5 Å². The quantitative estimate of drug-likeness (QED) is 0.0475. The molecule has 60 heavy (non-hydrogen) atoms. The predicted octanol–water partition coefficient (Wildman–Crippen LogP) is 7.27. The maximum Gasteiger partial charge on any atom is 0.269 e. The number of hydrogen-bond acceptors (Lipinski definition) is 10. The number of carbonyl (C=O) groups is 4. The maximum absolute atomic E-state index is 12.7. The number of amides is 4. The van der Waals surface area contributed by atoms with Gasteiger partial charge in [-0.25, -0.2) is 0 Å². The second-order valence-corrected chi connectivity index (χ2v) is 12.9. The van der Waals surface area contributed by atoms with Crippen LogP contribution in [0.3, 0.4) is 0 Å². The van der Waals surface area contributed by atoms with Gasteiger partial charge in [0, 0.05) is 60.0 Å². The van der Waals surface area contributed by atoms with Crippen molar-refractivity contribution < 1.29 is 39.2 Å². The molecule has 0 aliphatic carbocycles. The van der Waals surface area contributed by atoms with Crippen molar-refractivity contribution in [1.29, 1.82) is 0 Å². The minimum atomic E-state index is -0.544. The summed E-state index contributed by atoms with van der Waals surface area (Å²) in [5.74, 6) is -1.77. The third-order valence-electron chi connectivity index (χ3n) is 8.74. The highest BCUT2D eigenvalue weighted by Crippen LogP contribution is 2.22. The average Bonchev–Trinajstić information content (AvgIpc) is 3.26. The number of aliphatic hydroxyl groups excluding tert-OH is 2. The number of carbonyl (C=O) groups excluding carboxylic acids is 4. The molecule has 0 fully saturated rings. The van der Waals surface area contributed by atoms with Crippen LogP contribution in [-0.4, -0.2) is 56.9 Å². The van der Waals surface area contributed by atoms with Gasteiger partial charge in [0.25, 0.3) is 35.0 Å². The highest BCUT2D eigenvalue weighted by atomic mass is 16.6. The summed E-state index contributed by atoms with van der Waals surface area (Å²) in [6.07, 6.45) is 1.07. The first-order chi connectivity index (χ1) is 28.9. The molecule has 0 bridgehead atoms. The zero-order valence-electron chi connectivity index (χ0n) is 31.7. The van der Waals surface area contributed by atoms with Gasteiger partial charge in [0.05, 0.1) is 32.3 Å². The van der Waals surface area contributed by atoms with Crippen molar-refractivity contribution in [3.05, 3.63) is 199 Å². The minimum Gasteiger partial charge on any atom is -0.396 e. The number of aliphatic hydroxyl groups is 2. The van der Waals surface area contributed by atoms with Gasteiger partial charge < -0.3 is 31.5 Å². The number of nitrogens with zero attached hydrogens (tertiary/aromatic N) is 2. The number of nitrogens with one attached hydrogen (secondary N) is 4. The van der Waals surface area contributed by atoms with Crippen LogP contribution in [0.4, 0.5) is 34.1 Å². The van der Waals surface area contributed by atoms with E-state index in [9.17, 15) is 39.4 Å². The molecule has 0 aliphatic heterocycles. The van der Waals surface area contributed by atoms with Crippen molar-refractivity contribution >= 4 is 57.8 Å². The molecule has 6 rings (SSSR count). The van der Waals surface area contributed by atoms with Gasteiger partial charge in [-0.3, -0.25) is 39.4 Å². The highest BCUT2D eigenvalue weighted by Gasteiger charge is 2.17. The lowest BCUT2D eigenvalue weighted by atomic mass is 10.1. The topological polar surface area (TPSA) is 243 Å². The molecule has 6 aromatic carbocycles. The molecular weight excluding hydrogens is 773 g/mol. The summed E-state index contributed by atoms with van der Waals surface area (Å²) in [7, 11) is 0. The zero-order valence-corrected chi connectivity index (χ0v) is 31.7. The van der Waals surface area contributed by atoms with Crippen molar-refractivity contribution in [2.24, 2.45) is 0 Å². The predicted molar refractivity (Wildman–Crippen MR) is 225 cm³/mol. The molecule has 16 nitrogen and oxygen atoms in total. The van der Waals surface area contributed by atoms with Crippen LogP contribution in [0.2, 0.25) is 0 Å². The molecule has 4 amide bonds. The van der Waals surface area contributed by atoms with Gasteiger partial charge in [-0.2, -0.15) is 0 Å². The number of hydrogen-bond donors (Lipinski definition) is 6. The molecule has 0 unspecified atom stereocenters. The summed E-state index contributed by atoms with van der Waals surface area (Å²) >= 11 is 0. The first-order valence-corrected chi connectivity index (χ1v) is 18.3. The molecule has 16 heteroatoms. The van der Waals surface area contributed by atoms with E-state index in [1.54, 1.807) is 72.8 Å². The van der Waals surface area contributed by atoms with E-state index < -0.39 is 33.5 Å². The Balaban J connectivity index is 0.000000228. The Morgan fingerprint density at radius 2 is 0.767 bits per heavy atom. The Bertz CT molecular complexity index is 2300. The van der Waals surface area contributed by atoms with E-state index in [0.29, 0.717) is 35.6 Å². The van der Waals surface area contributed by atoms with Crippen LogP contribution in [0.15, 0.2) is 146 Å². The second-order valence-electron chi connectivity index (χ2n) is 12.9. The van der Waals surface area contributed by atoms with Crippen LogP contribution in [-0.2, 0) is 12.8 Å². The average molecular weight is 811 g/mol. The fourth-order valence-electron chi connectivity index (χ4n) is 5.60. The smallest absolute Gasteiger partial charge is 0.269 e. The third kappa shape index (κ3) is 12.0. The van der Waals surface area contributed by atoms with Crippen molar-refractivity contribution in [1.82, 2.24) is 0 Å². The molecule has 0 atom stereocenters. The fourth-order valence-corrected chi connectivity index (χ4v) is 5.60. The molecular formula is C44H38N6O10. The standard InChI is InChI=1S/2C22H19N3O5/c2*26-14-13-15-5-9-17(10-6-15)23-22(28)19-3-1-2-4-20(19)24-21(27)16-7-11-18(12-8-16)25(29)30/h2*1-12,26H,13-14H2,(H,23,28)(H,24,27). The minimum absolute atomic E-state index is 0.0491. The fraction of sp³-hybridized carbons (Fsp3) is 0.0909. The van der Waals surface area contributed by atoms with Crippen LogP contribution in [0.5, 0.6) is 0 Å². The lowest BCUT2D eigenvalue weighted by Gasteiger charge is -2.12. The van der Waals surface area contributed by atoms with E-state index in [1.807, 2.05) is 24.3 Å². The SMILES string of the molecule is O=C(Nc1ccccc1C(=O)Nc1ccc(CCO)cc1)c1ccc([N+](=O)[O-])cc1.O=C(Nc1ccccc1C(=O)Nc1ccc(CCO)cc1)c1ccc([N+](=O)[O-])cc1. The number of nitro benzene ring substituents is 2. The van der Waals surface area contributed by atoms with E-state index in [1.165, 1.54) is 48.5 Å². The zero-order chi connectivity index (χ0) is 43.0. The van der Waals surface area contributed by atoms with Gasteiger partial charge in [0.1, 0.15) is 0 Å². The van der Waals surface area contributed by atoms with Crippen LogP contribution >= 0.6 is 0 Å². The van der Waals surface area contributed by atoms with Crippen LogP contribution in [0.25, 0.3) is 0 Å². The maximum atomic E-state index is 12.7.